The number of hydrogen-bond donors (Lipinski definition) is 1. The van der Waals surface area contributed by atoms with Crippen molar-refractivity contribution in [2.75, 3.05) is 0 Å². The molecule has 0 bridgehead atoms. The van der Waals surface area contributed by atoms with Gasteiger partial charge in [-0.25, -0.2) is 4.79 Å². The molecule has 2 rings (SSSR count). The highest BCUT2D eigenvalue weighted by atomic mass is 19.4. The first kappa shape index (κ1) is 13.1. The Balaban J connectivity index is 2.48. The van der Waals surface area contributed by atoms with Crippen molar-refractivity contribution >= 4 is 5.97 Å². The van der Waals surface area contributed by atoms with Gasteiger partial charge in [-0.2, -0.15) is 13.2 Å². The number of carboxylic acid groups (broad SMARTS) is 1. The van der Waals surface area contributed by atoms with Gasteiger partial charge in [0.2, 0.25) is 0 Å². The molecule has 0 atom stereocenters. The Kier molecular flexibility index (Phi) is 3.25. The predicted molar refractivity (Wildman–Crippen MR) is 61.6 cm³/mol. The summed E-state index contributed by atoms with van der Waals surface area (Å²) < 4.78 is 37.7. The van der Waals surface area contributed by atoms with Crippen molar-refractivity contribution in [2.24, 2.45) is 0 Å². The van der Waals surface area contributed by atoms with Crippen molar-refractivity contribution < 1.29 is 23.1 Å². The Labute approximate surface area is 106 Å². The average molecular weight is 267 g/mol. The third-order valence-corrected chi connectivity index (χ3v) is 2.49. The Morgan fingerprint density at radius 2 is 1.89 bits per heavy atom. The maximum absolute atomic E-state index is 12.6. The number of aromatic nitrogens is 1. The molecule has 0 aliphatic rings. The van der Waals surface area contributed by atoms with Gasteiger partial charge in [-0.1, -0.05) is 12.1 Å². The molecule has 6 heteroatoms. The fourth-order valence-corrected chi connectivity index (χ4v) is 1.58. The smallest absolute Gasteiger partial charge is 0.416 e. The van der Waals surface area contributed by atoms with Gasteiger partial charge >= 0.3 is 12.1 Å². The van der Waals surface area contributed by atoms with Gasteiger partial charge in [0.15, 0.2) is 0 Å². The number of nitrogens with zero attached hydrogens (tertiary/aromatic N) is 1. The van der Waals surface area contributed by atoms with E-state index in [1.165, 1.54) is 24.3 Å². The van der Waals surface area contributed by atoms with Crippen LogP contribution in [0, 0.1) is 0 Å². The molecule has 0 saturated carbocycles. The number of halogens is 3. The first-order chi connectivity index (χ1) is 8.88. The number of benzene rings is 1. The van der Waals surface area contributed by atoms with Crippen LogP contribution >= 0.6 is 0 Å². The Hall–Kier alpha value is -2.37. The fourth-order valence-electron chi connectivity index (χ4n) is 1.58. The molecule has 1 aromatic carbocycles. The fraction of sp³-hybridized carbons (Fsp3) is 0.0769. The number of hydrogen-bond acceptors (Lipinski definition) is 2. The molecule has 0 radical (unpaired) electrons. The molecular weight excluding hydrogens is 259 g/mol. The van der Waals surface area contributed by atoms with E-state index in [9.17, 15) is 18.0 Å². The van der Waals surface area contributed by atoms with Gasteiger partial charge in [-0.15, -0.1) is 0 Å². The number of carbonyl (C=O) groups is 1. The highest BCUT2D eigenvalue weighted by Crippen LogP contribution is 2.31. The van der Waals surface area contributed by atoms with Gasteiger partial charge in [0.25, 0.3) is 0 Å². The quantitative estimate of drug-likeness (QED) is 0.906. The highest BCUT2D eigenvalue weighted by molar-refractivity contribution is 5.89. The van der Waals surface area contributed by atoms with E-state index in [1.807, 2.05) is 0 Å². The zero-order valence-corrected chi connectivity index (χ0v) is 9.48. The summed E-state index contributed by atoms with van der Waals surface area (Å²) in [4.78, 5) is 14.6. The number of pyridine rings is 1. The molecule has 3 nitrogen and oxygen atoms in total. The van der Waals surface area contributed by atoms with Crippen molar-refractivity contribution in [2.45, 2.75) is 6.18 Å². The SMILES string of the molecule is O=C(O)c1cccc(-c2cc(C(F)(F)F)ccn2)c1. The van der Waals surface area contributed by atoms with Crippen molar-refractivity contribution in [3.05, 3.63) is 53.7 Å². The van der Waals surface area contributed by atoms with Crippen molar-refractivity contribution in [3.63, 3.8) is 0 Å². The minimum absolute atomic E-state index is 0.00304. The van der Waals surface area contributed by atoms with Crippen LogP contribution in [0.5, 0.6) is 0 Å². The lowest BCUT2D eigenvalue weighted by atomic mass is 10.1. The summed E-state index contributed by atoms with van der Waals surface area (Å²) in [6.45, 7) is 0. The van der Waals surface area contributed by atoms with E-state index >= 15 is 0 Å². The van der Waals surface area contributed by atoms with Crippen LogP contribution in [0.25, 0.3) is 11.3 Å². The molecule has 0 aliphatic heterocycles. The second-order valence-corrected chi connectivity index (χ2v) is 3.81. The molecule has 0 fully saturated rings. The van der Waals surface area contributed by atoms with Crippen molar-refractivity contribution in [1.29, 1.82) is 0 Å². The molecule has 2 aromatic rings. The third kappa shape index (κ3) is 2.90. The van der Waals surface area contributed by atoms with Crippen LogP contribution in [-0.4, -0.2) is 16.1 Å². The summed E-state index contributed by atoms with van der Waals surface area (Å²) in [5.41, 5.74) is -0.418. The monoisotopic (exact) mass is 267 g/mol. The van der Waals surface area contributed by atoms with E-state index in [4.69, 9.17) is 5.11 Å². The van der Waals surface area contributed by atoms with E-state index in [1.54, 1.807) is 0 Å². The molecular formula is C13H8F3NO2. The molecule has 0 aliphatic carbocycles. The van der Waals surface area contributed by atoms with E-state index < -0.39 is 17.7 Å². The van der Waals surface area contributed by atoms with Gasteiger partial charge in [0.1, 0.15) is 0 Å². The first-order valence-corrected chi connectivity index (χ1v) is 5.25. The lowest BCUT2D eigenvalue weighted by molar-refractivity contribution is -0.137. The summed E-state index contributed by atoms with van der Waals surface area (Å²) in [6.07, 6.45) is -3.41. The number of alkyl halides is 3. The van der Waals surface area contributed by atoms with Crippen LogP contribution < -0.4 is 0 Å². The Morgan fingerprint density at radius 3 is 2.53 bits per heavy atom. The first-order valence-electron chi connectivity index (χ1n) is 5.25. The molecule has 0 saturated heterocycles. The molecule has 1 aromatic heterocycles. The minimum Gasteiger partial charge on any atom is -0.478 e. The van der Waals surface area contributed by atoms with Crippen LogP contribution in [0.15, 0.2) is 42.6 Å². The molecule has 1 N–H and O–H groups in total. The minimum atomic E-state index is -4.46. The van der Waals surface area contributed by atoms with Crippen LogP contribution in [0.3, 0.4) is 0 Å². The zero-order valence-electron chi connectivity index (χ0n) is 9.48. The van der Waals surface area contributed by atoms with E-state index in [0.717, 1.165) is 18.3 Å². The predicted octanol–water partition coefficient (Wildman–Crippen LogP) is 3.47. The lowest BCUT2D eigenvalue weighted by Crippen LogP contribution is -2.05. The van der Waals surface area contributed by atoms with E-state index in [0.29, 0.717) is 5.56 Å². The summed E-state index contributed by atoms with van der Waals surface area (Å²) in [5.74, 6) is -1.14. The van der Waals surface area contributed by atoms with Crippen LogP contribution in [0.4, 0.5) is 13.2 Å². The zero-order chi connectivity index (χ0) is 14.0. The van der Waals surface area contributed by atoms with Gasteiger partial charge in [-0.3, -0.25) is 4.98 Å². The largest absolute Gasteiger partial charge is 0.478 e. The Bertz CT molecular complexity index is 623. The lowest BCUT2D eigenvalue weighted by Gasteiger charge is -2.08. The van der Waals surface area contributed by atoms with Crippen LogP contribution in [-0.2, 0) is 6.18 Å². The number of carboxylic acids is 1. The standard InChI is InChI=1S/C13H8F3NO2/c14-13(15,16)10-4-5-17-11(7-10)8-2-1-3-9(6-8)12(18)19/h1-7H,(H,18,19). The Morgan fingerprint density at radius 1 is 1.16 bits per heavy atom. The maximum atomic E-state index is 12.6. The van der Waals surface area contributed by atoms with Gasteiger partial charge in [0, 0.05) is 11.8 Å². The van der Waals surface area contributed by atoms with E-state index in [-0.39, 0.29) is 11.3 Å². The highest BCUT2D eigenvalue weighted by Gasteiger charge is 2.30. The van der Waals surface area contributed by atoms with Crippen LogP contribution in [0.2, 0.25) is 0 Å². The van der Waals surface area contributed by atoms with Gasteiger partial charge < -0.3 is 5.11 Å². The molecule has 1 heterocycles. The number of aromatic carboxylic acids is 1. The molecule has 0 unspecified atom stereocenters. The van der Waals surface area contributed by atoms with Gasteiger partial charge in [0.05, 0.1) is 16.8 Å². The molecule has 0 amide bonds. The topological polar surface area (TPSA) is 50.2 Å². The number of rotatable bonds is 2. The molecule has 0 spiro atoms. The summed E-state index contributed by atoms with van der Waals surface area (Å²) in [5, 5.41) is 8.84. The van der Waals surface area contributed by atoms with Crippen molar-refractivity contribution in [1.82, 2.24) is 4.98 Å². The maximum Gasteiger partial charge on any atom is 0.416 e. The summed E-state index contributed by atoms with van der Waals surface area (Å²) in [7, 11) is 0. The third-order valence-electron chi connectivity index (χ3n) is 2.49. The summed E-state index contributed by atoms with van der Waals surface area (Å²) >= 11 is 0. The second kappa shape index (κ2) is 4.72. The van der Waals surface area contributed by atoms with Crippen molar-refractivity contribution in [3.8, 4) is 11.3 Å². The van der Waals surface area contributed by atoms with Crippen LogP contribution in [0.1, 0.15) is 15.9 Å². The molecule has 98 valence electrons. The summed E-state index contributed by atoms with van der Waals surface area (Å²) in [6, 6.07) is 7.37. The second-order valence-electron chi connectivity index (χ2n) is 3.81. The van der Waals surface area contributed by atoms with Gasteiger partial charge in [-0.05, 0) is 24.3 Å². The average Bonchev–Trinajstić information content (AvgIpc) is 2.38. The van der Waals surface area contributed by atoms with E-state index in [2.05, 4.69) is 4.98 Å². The molecule has 19 heavy (non-hydrogen) atoms. The normalized spacial score (nSPS) is 11.3.